The Morgan fingerprint density at radius 3 is 2.15 bits per heavy atom. The van der Waals surface area contributed by atoms with Gasteiger partial charge in [0.05, 0.1) is 20.9 Å². The standard InChI is InChI=1S/C9H10I2O2/c1-3-13-9-7(10)4-6(12-2)5-8(9)11/h4-5H,3H2,1-2H3. The summed E-state index contributed by atoms with van der Waals surface area (Å²) in [5, 5.41) is 0. The monoisotopic (exact) mass is 404 g/mol. The topological polar surface area (TPSA) is 18.5 Å². The summed E-state index contributed by atoms with van der Waals surface area (Å²) in [5.74, 6) is 1.82. The second-order valence-electron chi connectivity index (χ2n) is 2.35. The summed E-state index contributed by atoms with van der Waals surface area (Å²) in [7, 11) is 1.67. The van der Waals surface area contributed by atoms with Gasteiger partial charge in [0.25, 0.3) is 0 Å². The third-order valence-electron chi connectivity index (χ3n) is 1.50. The molecule has 4 heteroatoms. The van der Waals surface area contributed by atoms with Gasteiger partial charge in [-0.15, -0.1) is 0 Å². The molecule has 0 radical (unpaired) electrons. The zero-order valence-electron chi connectivity index (χ0n) is 7.43. The second-order valence-corrected chi connectivity index (χ2v) is 4.68. The molecule has 0 heterocycles. The average Bonchev–Trinajstić information content (AvgIpc) is 2.11. The predicted octanol–water partition coefficient (Wildman–Crippen LogP) is 3.30. The van der Waals surface area contributed by atoms with Crippen molar-refractivity contribution in [3.8, 4) is 11.5 Å². The van der Waals surface area contributed by atoms with Gasteiger partial charge in [-0.3, -0.25) is 0 Å². The van der Waals surface area contributed by atoms with Crippen LogP contribution in [0.1, 0.15) is 6.92 Å². The Morgan fingerprint density at radius 1 is 1.23 bits per heavy atom. The highest BCUT2D eigenvalue weighted by atomic mass is 127. The first-order valence-electron chi connectivity index (χ1n) is 3.84. The van der Waals surface area contributed by atoms with Crippen LogP contribution in [0.15, 0.2) is 12.1 Å². The van der Waals surface area contributed by atoms with Gasteiger partial charge in [-0.1, -0.05) is 0 Å². The molecule has 13 heavy (non-hydrogen) atoms. The van der Waals surface area contributed by atoms with E-state index in [4.69, 9.17) is 9.47 Å². The number of hydrogen-bond donors (Lipinski definition) is 0. The highest BCUT2D eigenvalue weighted by Gasteiger charge is 2.07. The van der Waals surface area contributed by atoms with Gasteiger partial charge in [0.1, 0.15) is 11.5 Å². The van der Waals surface area contributed by atoms with Crippen LogP contribution in [0.4, 0.5) is 0 Å². The summed E-state index contributed by atoms with van der Waals surface area (Å²) >= 11 is 4.50. The first kappa shape index (κ1) is 11.4. The Hall–Kier alpha value is 0.280. The van der Waals surface area contributed by atoms with Gasteiger partial charge in [0.2, 0.25) is 0 Å². The zero-order valence-corrected chi connectivity index (χ0v) is 11.7. The molecule has 0 fully saturated rings. The van der Waals surface area contributed by atoms with Crippen LogP contribution in [0.3, 0.4) is 0 Å². The normalized spacial score (nSPS) is 9.85. The van der Waals surface area contributed by atoms with Gasteiger partial charge in [-0.25, -0.2) is 0 Å². The molecule has 0 aromatic heterocycles. The molecule has 1 aromatic carbocycles. The number of halogens is 2. The van der Waals surface area contributed by atoms with E-state index >= 15 is 0 Å². The van der Waals surface area contributed by atoms with Crippen molar-refractivity contribution in [2.75, 3.05) is 13.7 Å². The van der Waals surface area contributed by atoms with E-state index in [1.54, 1.807) is 7.11 Å². The fourth-order valence-corrected chi connectivity index (χ4v) is 2.96. The molecule has 0 aliphatic heterocycles. The van der Waals surface area contributed by atoms with Crippen LogP contribution < -0.4 is 9.47 Å². The fourth-order valence-electron chi connectivity index (χ4n) is 0.937. The molecule has 1 rings (SSSR count). The van der Waals surface area contributed by atoms with E-state index in [0.717, 1.165) is 18.6 Å². The van der Waals surface area contributed by atoms with Crippen LogP contribution in [0.2, 0.25) is 0 Å². The molecule has 0 N–H and O–H groups in total. The van der Waals surface area contributed by atoms with Gasteiger partial charge in [0.15, 0.2) is 0 Å². The maximum absolute atomic E-state index is 5.50. The Balaban J connectivity index is 3.07. The molecule has 0 saturated carbocycles. The Bertz CT molecular complexity index is 277. The SMILES string of the molecule is CCOc1c(I)cc(OC)cc1I. The largest absolute Gasteiger partial charge is 0.497 e. The van der Waals surface area contributed by atoms with Crippen molar-refractivity contribution >= 4 is 45.2 Å². The molecule has 0 spiro atoms. The third-order valence-corrected chi connectivity index (χ3v) is 3.10. The number of rotatable bonds is 3. The number of benzene rings is 1. The van der Waals surface area contributed by atoms with Gasteiger partial charge in [0, 0.05) is 0 Å². The molecule has 1 aromatic rings. The van der Waals surface area contributed by atoms with Crippen molar-refractivity contribution in [2.24, 2.45) is 0 Å². The van der Waals surface area contributed by atoms with E-state index < -0.39 is 0 Å². The minimum Gasteiger partial charge on any atom is -0.497 e. The number of methoxy groups -OCH3 is 1. The number of ether oxygens (including phenoxy) is 2. The van der Waals surface area contributed by atoms with Gasteiger partial charge in [-0.05, 0) is 64.2 Å². The third kappa shape index (κ3) is 2.87. The highest BCUT2D eigenvalue weighted by molar-refractivity contribution is 14.1. The lowest BCUT2D eigenvalue weighted by molar-refractivity contribution is 0.334. The van der Waals surface area contributed by atoms with Crippen LogP contribution in [0, 0.1) is 7.14 Å². The first-order chi connectivity index (χ1) is 6.19. The summed E-state index contributed by atoms with van der Waals surface area (Å²) in [6, 6.07) is 3.93. The summed E-state index contributed by atoms with van der Waals surface area (Å²) < 4.78 is 12.8. The maximum Gasteiger partial charge on any atom is 0.146 e. The van der Waals surface area contributed by atoms with Crippen LogP contribution in [-0.4, -0.2) is 13.7 Å². The fraction of sp³-hybridized carbons (Fsp3) is 0.333. The summed E-state index contributed by atoms with van der Waals surface area (Å²) in [5.41, 5.74) is 0. The zero-order chi connectivity index (χ0) is 9.84. The smallest absolute Gasteiger partial charge is 0.146 e. The van der Waals surface area contributed by atoms with Crippen LogP contribution in [0.5, 0.6) is 11.5 Å². The molecule has 0 bridgehead atoms. The van der Waals surface area contributed by atoms with Crippen molar-refractivity contribution in [2.45, 2.75) is 6.92 Å². The molecule has 0 atom stereocenters. The van der Waals surface area contributed by atoms with E-state index in [1.807, 2.05) is 19.1 Å². The molecular formula is C9H10I2O2. The van der Waals surface area contributed by atoms with Crippen molar-refractivity contribution in [1.82, 2.24) is 0 Å². The van der Waals surface area contributed by atoms with Crippen molar-refractivity contribution < 1.29 is 9.47 Å². The Morgan fingerprint density at radius 2 is 1.77 bits per heavy atom. The van der Waals surface area contributed by atoms with Crippen molar-refractivity contribution in [3.05, 3.63) is 19.3 Å². The quantitative estimate of drug-likeness (QED) is 0.721. The van der Waals surface area contributed by atoms with Crippen LogP contribution in [0.25, 0.3) is 0 Å². The van der Waals surface area contributed by atoms with E-state index in [2.05, 4.69) is 45.2 Å². The molecule has 0 amide bonds. The lowest BCUT2D eigenvalue weighted by atomic mass is 10.3. The molecule has 0 aliphatic carbocycles. The Kier molecular flexibility index (Phi) is 4.57. The van der Waals surface area contributed by atoms with Gasteiger partial charge in [-0.2, -0.15) is 0 Å². The summed E-state index contributed by atoms with van der Waals surface area (Å²) in [6.07, 6.45) is 0. The van der Waals surface area contributed by atoms with E-state index in [0.29, 0.717) is 6.61 Å². The van der Waals surface area contributed by atoms with E-state index in [1.165, 1.54) is 0 Å². The van der Waals surface area contributed by atoms with E-state index in [9.17, 15) is 0 Å². The molecule has 0 saturated heterocycles. The molecule has 72 valence electrons. The average molecular weight is 404 g/mol. The minimum absolute atomic E-state index is 0.693. The number of hydrogen-bond acceptors (Lipinski definition) is 2. The highest BCUT2D eigenvalue weighted by Crippen LogP contribution is 2.31. The van der Waals surface area contributed by atoms with Gasteiger partial charge < -0.3 is 9.47 Å². The van der Waals surface area contributed by atoms with E-state index in [-0.39, 0.29) is 0 Å². The summed E-state index contributed by atoms with van der Waals surface area (Å²) in [6.45, 7) is 2.68. The Labute approximate surface area is 105 Å². The second kappa shape index (κ2) is 5.23. The lowest BCUT2D eigenvalue weighted by Gasteiger charge is -2.09. The van der Waals surface area contributed by atoms with Crippen molar-refractivity contribution in [3.63, 3.8) is 0 Å². The van der Waals surface area contributed by atoms with Gasteiger partial charge >= 0.3 is 0 Å². The first-order valence-corrected chi connectivity index (χ1v) is 6.00. The molecular weight excluding hydrogens is 394 g/mol. The lowest BCUT2D eigenvalue weighted by Crippen LogP contribution is -1.97. The molecule has 2 nitrogen and oxygen atoms in total. The van der Waals surface area contributed by atoms with Crippen molar-refractivity contribution in [1.29, 1.82) is 0 Å². The maximum atomic E-state index is 5.50. The summed E-state index contributed by atoms with van der Waals surface area (Å²) in [4.78, 5) is 0. The van der Waals surface area contributed by atoms with Crippen LogP contribution >= 0.6 is 45.2 Å². The van der Waals surface area contributed by atoms with Crippen LogP contribution in [-0.2, 0) is 0 Å². The predicted molar refractivity (Wildman–Crippen MR) is 69.6 cm³/mol. The molecule has 0 unspecified atom stereocenters. The minimum atomic E-state index is 0.693. The molecule has 0 aliphatic rings.